The molecular weight excluding hydrogens is 473 g/mol. The average Bonchev–Trinajstić information content (AvgIpc) is 2.93. The number of piperidine rings is 1. The number of methoxy groups -OCH3 is 2. The van der Waals surface area contributed by atoms with Gasteiger partial charge in [-0.25, -0.2) is 4.39 Å². The number of Topliss-reactive ketones (excluding diaryl/α,β-unsaturated/α-hetero) is 1. The van der Waals surface area contributed by atoms with Crippen LogP contribution in [0.1, 0.15) is 38.9 Å². The van der Waals surface area contributed by atoms with Crippen LogP contribution in [0.2, 0.25) is 0 Å². The Balaban J connectivity index is 1.89. The van der Waals surface area contributed by atoms with Gasteiger partial charge in [0.15, 0.2) is 5.78 Å². The van der Waals surface area contributed by atoms with Gasteiger partial charge in [0.2, 0.25) is 0 Å². The second-order valence-corrected chi connectivity index (χ2v) is 9.59. The van der Waals surface area contributed by atoms with Crippen LogP contribution < -0.4 is 9.47 Å². The lowest BCUT2D eigenvalue weighted by Crippen LogP contribution is -2.49. The van der Waals surface area contributed by atoms with Crippen molar-refractivity contribution in [3.63, 3.8) is 0 Å². The topological polar surface area (TPSA) is 79.2 Å². The Hall–Kier alpha value is -3.26. The number of carbonyl (C=O) groups excluding carboxylic acids is 1. The third-order valence-corrected chi connectivity index (χ3v) is 7.35. The third-order valence-electron chi connectivity index (χ3n) is 7.35. The summed E-state index contributed by atoms with van der Waals surface area (Å²) in [5.74, 6) is -0.290. The minimum Gasteiger partial charge on any atom is -0.497 e. The maximum atomic E-state index is 14.9. The number of ketones is 1. The molecule has 0 aromatic heterocycles. The van der Waals surface area contributed by atoms with Crippen LogP contribution in [0.5, 0.6) is 11.5 Å². The number of β-amino-alcohol motifs (C(OH)–C–C–N with tert-alkyl or cyclic N) is 1. The molecule has 0 spiro atoms. The number of nitrogens with zero attached hydrogens (tertiary/aromatic N) is 1. The van der Waals surface area contributed by atoms with E-state index in [1.165, 1.54) is 6.07 Å². The number of aliphatic hydroxyl groups excluding tert-OH is 2. The van der Waals surface area contributed by atoms with E-state index in [2.05, 4.69) is 0 Å². The van der Waals surface area contributed by atoms with Gasteiger partial charge in [-0.2, -0.15) is 0 Å². The van der Waals surface area contributed by atoms with Gasteiger partial charge in [0, 0.05) is 43.0 Å². The Morgan fingerprint density at radius 1 is 1.03 bits per heavy atom. The predicted octanol–water partition coefficient (Wildman–Crippen LogP) is 4.19. The maximum Gasteiger partial charge on any atom is 0.167 e. The molecule has 1 saturated heterocycles. The van der Waals surface area contributed by atoms with Gasteiger partial charge < -0.3 is 19.7 Å². The van der Waals surface area contributed by atoms with E-state index in [9.17, 15) is 19.4 Å². The molecule has 1 unspecified atom stereocenters. The minimum absolute atomic E-state index is 0.0874. The van der Waals surface area contributed by atoms with Crippen molar-refractivity contribution in [3.8, 4) is 11.5 Å². The fourth-order valence-corrected chi connectivity index (χ4v) is 5.56. The van der Waals surface area contributed by atoms with E-state index in [0.717, 1.165) is 11.1 Å². The van der Waals surface area contributed by atoms with E-state index < -0.39 is 12.0 Å². The van der Waals surface area contributed by atoms with Crippen LogP contribution >= 0.6 is 0 Å². The summed E-state index contributed by atoms with van der Waals surface area (Å²) in [6.45, 7) is 2.42. The van der Waals surface area contributed by atoms with E-state index in [-0.39, 0.29) is 36.6 Å². The van der Waals surface area contributed by atoms with Crippen LogP contribution in [0.15, 0.2) is 66.7 Å². The van der Waals surface area contributed by atoms with E-state index >= 15 is 0 Å². The van der Waals surface area contributed by atoms with Crippen molar-refractivity contribution >= 4 is 5.78 Å². The molecule has 0 aliphatic carbocycles. The number of ether oxygens (including phenoxy) is 2. The van der Waals surface area contributed by atoms with Crippen molar-refractivity contribution in [2.75, 3.05) is 40.5 Å². The van der Waals surface area contributed by atoms with Gasteiger partial charge in [0.25, 0.3) is 0 Å². The minimum atomic E-state index is -0.946. The standard InChI is InChI=1S/C30H34FNO5/c1-19-23(11-7-12-27(19)31)29-25(24-10-4-5-13-28(24)37-3)16-32(15-21(34)18-33)17-26(29)30(35)20-8-6-9-22(14-20)36-2/h4-14,21,25-26,29,33-34H,15-18H2,1-3H3/t21?,25-,26+,29-/m1/s1. The number of benzene rings is 3. The Bertz CT molecular complexity index is 1230. The van der Waals surface area contributed by atoms with E-state index in [4.69, 9.17) is 9.47 Å². The van der Waals surface area contributed by atoms with Crippen LogP contribution in [0.4, 0.5) is 4.39 Å². The predicted molar refractivity (Wildman–Crippen MR) is 140 cm³/mol. The van der Waals surface area contributed by atoms with Gasteiger partial charge in [0.1, 0.15) is 17.3 Å². The molecule has 4 atom stereocenters. The summed E-state index contributed by atoms with van der Waals surface area (Å²) in [5, 5.41) is 19.8. The molecule has 3 aromatic rings. The zero-order valence-corrected chi connectivity index (χ0v) is 21.4. The molecular formula is C30H34FNO5. The first-order valence-electron chi connectivity index (χ1n) is 12.4. The summed E-state index contributed by atoms with van der Waals surface area (Å²) >= 11 is 0. The summed E-state index contributed by atoms with van der Waals surface area (Å²) in [4.78, 5) is 16.2. The van der Waals surface area contributed by atoms with E-state index in [0.29, 0.717) is 35.7 Å². The second-order valence-electron chi connectivity index (χ2n) is 9.59. The highest BCUT2D eigenvalue weighted by Gasteiger charge is 2.44. The summed E-state index contributed by atoms with van der Waals surface area (Å²) in [7, 11) is 3.16. The number of hydrogen-bond donors (Lipinski definition) is 2. The van der Waals surface area contributed by atoms with E-state index in [1.807, 2.05) is 35.2 Å². The Labute approximate surface area is 217 Å². The molecule has 7 heteroatoms. The average molecular weight is 508 g/mol. The van der Waals surface area contributed by atoms with Gasteiger partial charge in [-0.1, -0.05) is 42.5 Å². The summed E-state index contributed by atoms with van der Waals surface area (Å²) in [6, 6.07) is 19.7. The number of para-hydroxylation sites is 1. The highest BCUT2D eigenvalue weighted by Crippen LogP contribution is 2.47. The lowest BCUT2D eigenvalue weighted by Gasteiger charge is -2.45. The van der Waals surface area contributed by atoms with Gasteiger partial charge >= 0.3 is 0 Å². The van der Waals surface area contributed by atoms with Gasteiger partial charge in [-0.05, 0) is 47.9 Å². The van der Waals surface area contributed by atoms with Crippen LogP contribution in [0.3, 0.4) is 0 Å². The highest BCUT2D eigenvalue weighted by molar-refractivity contribution is 5.99. The van der Waals surface area contributed by atoms with Crippen LogP contribution in [0, 0.1) is 18.7 Å². The lowest BCUT2D eigenvalue weighted by molar-refractivity contribution is 0.0331. The molecule has 1 fully saturated rings. The van der Waals surface area contributed by atoms with Crippen molar-refractivity contribution in [1.29, 1.82) is 0 Å². The highest BCUT2D eigenvalue weighted by atomic mass is 19.1. The molecule has 0 amide bonds. The smallest absolute Gasteiger partial charge is 0.167 e. The number of halogens is 1. The fourth-order valence-electron chi connectivity index (χ4n) is 5.56. The molecule has 1 aliphatic heterocycles. The molecule has 0 saturated carbocycles. The molecule has 1 aliphatic rings. The van der Waals surface area contributed by atoms with Gasteiger partial charge in [-0.15, -0.1) is 0 Å². The first kappa shape index (κ1) is 26.8. The third kappa shape index (κ3) is 5.69. The zero-order chi connectivity index (χ0) is 26.5. The first-order valence-corrected chi connectivity index (χ1v) is 12.4. The van der Waals surface area contributed by atoms with Gasteiger partial charge in [-0.3, -0.25) is 9.69 Å². The Morgan fingerprint density at radius 3 is 2.49 bits per heavy atom. The van der Waals surface area contributed by atoms with Crippen LogP contribution in [0.25, 0.3) is 0 Å². The summed E-state index contributed by atoms with van der Waals surface area (Å²) in [5.41, 5.74) is 2.70. The van der Waals surface area contributed by atoms with Crippen LogP contribution in [-0.2, 0) is 0 Å². The number of carbonyl (C=O) groups is 1. The lowest BCUT2D eigenvalue weighted by atomic mass is 9.67. The summed E-state index contributed by atoms with van der Waals surface area (Å²) < 4.78 is 25.9. The molecule has 0 bridgehead atoms. The molecule has 6 nitrogen and oxygen atoms in total. The number of rotatable bonds is 9. The van der Waals surface area contributed by atoms with Crippen molar-refractivity contribution in [2.45, 2.75) is 24.9 Å². The Morgan fingerprint density at radius 2 is 1.76 bits per heavy atom. The SMILES string of the molecule is COc1cccc(C(=O)[C@H]2CN(CC(O)CO)C[C@H](c3ccccc3OC)[C@H]2c2cccc(F)c2C)c1. The second kappa shape index (κ2) is 11.9. The van der Waals surface area contributed by atoms with Gasteiger partial charge in [0.05, 0.1) is 26.9 Å². The quantitative estimate of drug-likeness (QED) is 0.423. The normalized spacial score (nSPS) is 20.9. The number of aliphatic hydroxyl groups is 2. The van der Waals surface area contributed by atoms with Crippen molar-refractivity contribution in [2.24, 2.45) is 5.92 Å². The zero-order valence-electron chi connectivity index (χ0n) is 21.4. The molecule has 37 heavy (non-hydrogen) atoms. The van der Waals surface area contributed by atoms with Crippen LogP contribution in [-0.4, -0.2) is 67.5 Å². The van der Waals surface area contributed by atoms with Crippen molar-refractivity contribution in [1.82, 2.24) is 4.90 Å². The first-order chi connectivity index (χ1) is 17.9. The molecule has 4 rings (SSSR count). The van der Waals surface area contributed by atoms with Crippen molar-refractivity contribution in [3.05, 3.63) is 94.8 Å². The monoisotopic (exact) mass is 507 g/mol. The number of hydrogen-bond acceptors (Lipinski definition) is 6. The number of likely N-dealkylation sites (tertiary alicyclic amines) is 1. The molecule has 196 valence electrons. The molecule has 0 radical (unpaired) electrons. The molecule has 3 aromatic carbocycles. The molecule has 1 heterocycles. The largest absolute Gasteiger partial charge is 0.497 e. The summed E-state index contributed by atoms with van der Waals surface area (Å²) in [6.07, 6.45) is -0.946. The van der Waals surface area contributed by atoms with E-state index in [1.54, 1.807) is 51.5 Å². The Kier molecular flexibility index (Phi) is 8.59. The fraction of sp³-hybridized carbons (Fsp3) is 0.367. The molecule has 2 N–H and O–H groups in total. The maximum absolute atomic E-state index is 14.9. The van der Waals surface area contributed by atoms with Crippen molar-refractivity contribution < 1.29 is 28.9 Å².